The van der Waals surface area contributed by atoms with Crippen LogP contribution in [0.1, 0.15) is 36.0 Å². The molecular weight excluding hydrogens is 424 g/mol. The summed E-state index contributed by atoms with van der Waals surface area (Å²) in [6, 6.07) is 10.5. The van der Waals surface area contributed by atoms with Gasteiger partial charge in [0.2, 0.25) is 5.91 Å². The molecule has 0 radical (unpaired) electrons. The molecule has 5 rings (SSSR count). The van der Waals surface area contributed by atoms with E-state index < -0.39 is 5.76 Å². The number of hydrogen-bond acceptors (Lipinski definition) is 6. The largest absolute Gasteiger partial charge is 0.420 e. The number of amides is 2. The highest BCUT2D eigenvalue weighted by Crippen LogP contribution is 2.39. The Kier molecular flexibility index (Phi) is 5.72. The zero-order valence-corrected chi connectivity index (χ0v) is 18.2. The van der Waals surface area contributed by atoms with Crippen molar-refractivity contribution in [2.45, 2.75) is 43.9 Å². The Hall–Kier alpha value is -3.46. The van der Waals surface area contributed by atoms with Crippen molar-refractivity contribution >= 4 is 22.9 Å². The Morgan fingerprint density at radius 3 is 2.64 bits per heavy atom. The monoisotopic (exact) mass is 450 g/mol. The molecule has 33 heavy (non-hydrogen) atoms. The lowest BCUT2D eigenvalue weighted by Gasteiger charge is -2.39. The molecule has 2 aliphatic rings. The summed E-state index contributed by atoms with van der Waals surface area (Å²) in [5, 5.41) is 2.89. The second kappa shape index (κ2) is 8.82. The van der Waals surface area contributed by atoms with Gasteiger partial charge in [-0.3, -0.25) is 19.1 Å². The first kappa shape index (κ1) is 21.4. The fourth-order valence-corrected chi connectivity index (χ4v) is 4.79. The summed E-state index contributed by atoms with van der Waals surface area (Å²) in [7, 11) is 0. The van der Waals surface area contributed by atoms with Gasteiger partial charge in [-0.25, -0.2) is 4.79 Å². The van der Waals surface area contributed by atoms with Crippen molar-refractivity contribution in [2.24, 2.45) is 0 Å². The van der Waals surface area contributed by atoms with Crippen LogP contribution >= 0.6 is 0 Å². The van der Waals surface area contributed by atoms with Gasteiger partial charge in [-0.15, -0.1) is 0 Å². The van der Waals surface area contributed by atoms with Gasteiger partial charge in [0, 0.05) is 37.6 Å². The van der Waals surface area contributed by atoms with Gasteiger partial charge in [0.25, 0.3) is 5.91 Å². The highest BCUT2D eigenvalue weighted by Gasteiger charge is 2.43. The Labute approximate surface area is 190 Å². The van der Waals surface area contributed by atoms with Crippen LogP contribution in [0, 0.1) is 0 Å². The van der Waals surface area contributed by atoms with Gasteiger partial charge >= 0.3 is 5.76 Å². The minimum Gasteiger partial charge on any atom is -0.408 e. The quantitative estimate of drug-likeness (QED) is 0.637. The van der Waals surface area contributed by atoms with E-state index in [2.05, 4.69) is 10.3 Å². The fraction of sp³-hybridized carbons (Fsp3) is 0.417. The number of rotatable bonds is 5. The van der Waals surface area contributed by atoms with Crippen molar-refractivity contribution in [3.05, 3.63) is 64.9 Å². The van der Waals surface area contributed by atoms with Gasteiger partial charge in [0.1, 0.15) is 6.54 Å². The van der Waals surface area contributed by atoms with Crippen LogP contribution in [0.3, 0.4) is 0 Å². The van der Waals surface area contributed by atoms with Crippen molar-refractivity contribution in [2.75, 3.05) is 19.6 Å². The van der Waals surface area contributed by atoms with E-state index in [0.29, 0.717) is 36.3 Å². The number of nitrogens with zero attached hydrogens (tertiary/aromatic N) is 3. The van der Waals surface area contributed by atoms with Crippen LogP contribution in [0.5, 0.6) is 0 Å². The van der Waals surface area contributed by atoms with Crippen LogP contribution in [0.2, 0.25) is 0 Å². The molecule has 2 aliphatic heterocycles. The third kappa shape index (κ3) is 4.41. The van der Waals surface area contributed by atoms with E-state index in [-0.39, 0.29) is 30.1 Å². The van der Waals surface area contributed by atoms with Crippen molar-refractivity contribution in [3.8, 4) is 0 Å². The molecule has 9 heteroatoms. The van der Waals surface area contributed by atoms with Crippen LogP contribution in [-0.4, -0.2) is 57.6 Å². The molecule has 9 nitrogen and oxygen atoms in total. The standard InChI is InChI=1S/C24H26N4O5/c29-21(16-28-19-3-1-2-4-20(19)32-23(28)31)26-15-18-5-8-24(33-18)9-13-27(14-10-24)22(30)17-6-11-25-12-7-17/h1-4,6-7,11-12,18H,5,8-10,13-16H2,(H,26,29)/t18-/m0/s1. The van der Waals surface area contributed by atoms with E-state index in [1.54, 1.807) is 48.8 Å². The Bertz CT molecular complexity index is 1210. The Morgan fingerprint density at radius 2 is 1.85 bits per heavy atom. The van der Waals surface area contributed by atoms with Crippen molar-refractivity contribution in [1.29, 1.82) is 0 Å². The molecular formula is C24H26N4O5. The molecule has 172 valence electrons. The number of fused-ring (bicyclic) bond motifs is 1. The minimum absolute atomic E-state index is 0.0241. The first-order valence-electron chi connectivity index (χ1n) is 11.3. The topological polar surface area (TPSA) is 107 Å². The van der Waals surface area contributed by atoms with Gasteiger partial charge in [-0.1, -0.05) is 12.1 Å². The number of aromatic nitrogens is 2. The van der Waals surface area contributed by atoms with Crippen LogP contribution in [0.15, 0.2) is 58.0 Å². The molecule has 0 bridgehead atoms. The lowest BCUT2D eigenvalue weighted by molar-refractivity contribution is -0.123. The summed E-state index contributed by atoms with van der Waals surface area (Å²) >= 11 is 0. The average Bonchev–Trinajstić information content (AvgIpc) is 3.39. The first-order valence-corrected chi connectivity index (χ1v) is 11.3. The third-order valence-corrected chi connectivity index (χ3v) is 6.63. The first-order chi connectivity index (χ1) is 16.0. The number of ether oxygens (including phenoxy) is 1. The highest BCUT2D eigenvalue weighted by atomic mass is 16.5. The van der Waals surface area contributed by atoms with Crippen LogP contribution in [0.25, 0.3) is 11.1 Å². The van der Waals surface area contributed by atoms with Crippen molar-refractivity contribution in [1.82, 2.24) is 19.8 Å². The molecule has 0 aliphatic carbocycles. The molecule has 2 fully saturated rings. The molecule has 3 aromatic rings. The van der Waals surface area contributed by atoms with Crippen molar-refractivity contribution < 1.29 is 18.7 Å². The number of likely N-dealkylation sites (tertiary alicyclic amines) is 1. The van der Waals surface area contributed by atoms with Gasteiger partial charge in [-0.05, 0) is 49.9 Å². The smallest absolute Gasteiger partial charge is 0.408 e. The molecule has 2 aromatic heterocycles. The maximum atomic E-state index is 12.7. The zero-order chi connectivity index (χ0) is 22.8. The SMILES string of the molecule is O=C(Cn1c(=O)oc2ccccc21)NC[C@@H]1CCC2(CCN(C(=O)c3ccncc3)CC2)O1. The molecule has 1 aromatic carbocycles. The average molecular weight is 450 g/mol. The molecule has 0 saturated carbocycles. The zero-order valence-electron chi connectivity index (χ0n) is 18.2. The summed E-state index contributed by atoms with van der Waals surface area (Å²) in [6.45, 7) is 1.60. The van der Waals surface area contributed by atoms with E-state index in [1.165, 1.54) is 4.57 Å². The molecule has 0 unspecified atom stereocenters. The molecule has 1 spiro atoms. The van der Waals surface area contributed by atoms with Gasteiger partial charge in [0.05, 0.1) is 17.2 Å². The number of benzene rings is 1. The minimum atomic E-state index is -0.546. The number of pyridine rings is 1. The summed E-state index contributed by atoms with van der Waals surface area (Å²) in [5.41, 5.74) is 1.48. The van der Waals surface area contributed by atoms with Crippen molar-refractivity contribution in [3.63, 3.8) is 0 Å². The van der Waals surface area contributed by atoms with Gasteiger partial charge in [0.15, 0.2) is 5.58 Å². The number of nitrogens with one attached hydrogen (secondary N) is 1. The predicted octanol–water partition coefficient (Wildman–Crippen LogP) is 1.96. The number of oxazole rings is 1. The number of carbonyl (C=O) groups excluding carboxylic acids is 2. The molecule has 4 heterocycles. The summed E-state index contributed by atoms with van der Waals surface area (Å²) in [6.07, 6.45) is 6.51. The molecule has 2 amide bonds. The molecule has 1 atom stereocenters. The second-order valence-electron chi connectivity index (χ2n) is 8.72. The van der Waals surface area contributed by atoms with Gasteiger partial charge < -0.3 is 19.4 Å². The van der Waals surface area contributed by atoms with E-state index in [4.69, 9.17) is 9.15 Å². The normalized spacial score (nSPS) is 19.8. The Morgan fingerprint density at radius 1 is 1.09 bits per heavy atom. The summed E-state index contributed by atoms with van der Waals surface area (Å²) in [4.78, 5) is 43.0. The highest BCUT2D eigenvalue weighted by molar-refractivity contribution is 5.94. The van der Waals surface area contributed by atoms with E-state index in [1.807, 2.05) is 4.90 Å². The molecule has 2 saturated heterocycles. The number of hydrogen-bond donors (Lipinski definition) is 1. The summed E-state index contributed by atoms with van der Waals surface area (Å²) in [5.74, 6) is -0.780. The Balaban J connectivity index is 1.11. The lowest BCUT2D eigenvalue weighted by Crippen LogP contribution is -2.47. The number of para-hydroxylation sites is 2. The van der Waals surface area contributed by atoms with E-state index >= 15 is 0 Å². The fourth-order valence-electron chi connectivity index (χ4n) is 4.79. The summed E-state index contributed by atoms with van der Waals surface area (Å²) < 4.78 is 12.9. The molecule has 1 N–H and O–H groups in total. The number of carbonyl (C=O) groups is 2. The maximum Gasteiger partial charge on any atom is 0.420 e. The third-order valence-electron chi connectivity index (χ3n) is 6.63. The van der Waals surface area contributed by atoms with Crippen LogP contribution in [0.4, 0.5) is 0 Å². The second-order valence-corrected chi connectivity index (χ2v) is 8.72. The van der Waals surface area contributed by atoms with Crippen LogP contribution < -0.4 is 11.1 Å². The predicted molar refractivity (Wildman–Crippen MR) is 120 cm³/mol. The van der Waals surface area contributed by atoms with Gasteiger partial charge in [-0.2, -0.15) is 0 Å². The van der Waals surface area contributed by atoms with E-state index in [0.717, 1.165) is 25.7 Å². The number of piperidine rings is 1. The maximum absolute atomic E-state index is 12.7. The van der Waals surface area contributed by atoms with E-state index in [9.17, 15) is 14.4 Å². The van der Waals surface area contributed by atoms with Crippen LogP contribution in [-0.2, 0) is 16.1 Å². The lowest BCUT2D eigenvalue weighted by atomic mass is 9.88.